The predicted molar refractivity (Wildman–Crippen MR) is 73.4 cm³/mol. The summed E-state index contributed by atoms with van der Waals surface area (Å²) in [4.78, 5) is 14.2. The Kier molecular flexibility index (Phi) is 4.32. The molecule has 5 heteroatoms. The van der Waals surface area contributed by atoms with Crippen LogP contribution in [0, 0.1) is 0 Å². The van der Waals surface area contributed by atoms with E-state index in [1.54, 1.807) is 12.1 Å². The fourth-order valence-corrected chi connectivity index (χ4v) is 2.67. The first-order chi connectivity index (χ1) is 8.99. The van der Waals surface area contributed by atoms with Crippen molar-refractivity contribution in [2.75, 3.05) is 13.2 Å². The maximum atomic E-state index is 12.4. The van der Waals surface area contributed by atoms with Gasteiger partial charge >= 0.3 is 0 Å². The molecule has 2 atom stereocenters. The van der Waals surface area contributed by atoms with E-state index in [2.05, 4.69) is 0 Å². The summed E-state index contributed by atoms with van der Waals surface area (Å²) in [6, 6.07) is 4.84. The third-order valence-electron chi connectivity index (χ3n) is 3.33. The number of halogens is 1. The number of hydrogen-bond donors (Lipinski definition) is 1. The molecular weight excluding hydrogens is 266 g/mol. The van der Waals surface area contributed by atoms with Crippen molar-refractivity contribution in [2.24, 2.45) is 0 Å². The molecule has 1 saturated heterocycles. The van der Waals surface area contributed by atoms with Gasteiger partial charge in [0.05, 0.1) is 31.7 Å². The molecule has 1 aromatic rings. The first kappa shape index (κ1) is 14.2. The molecule has 2 rings (SSSR count). The van der Waals surface area contributed by atoms with Gasteiger partial charge in [-0.1, -0.05) is 17.7 Å². The van der Waals surface area contributed by atoms with Crippen LogP contribution in [0.25, 0.3) is 0 Å². The lowest BCUT2D eigenvalue weighted by Crippen LogP contribution is -2.53. The number of carbonyl (C=O) groups excluding carboxylic acids is 1. The van der Waals surface area contributed by atoms with Crippen LogP contribution in [0.5, 0.6) is 5.75 Å². The molecule has 1 fully saturated rings. The first-order valence-electron chi connectivity index (χ1n) is 6.35. The molecular formula is C14H18ClNO3. The molecule has 0 spiro atoms. The highest BCUT2D eigenvalue weighted by Crippen LogP contribution is 2.23. The number of rotatable bonds is 2. The normalized spacial score (nSPS) is 23.4. The number of morpholine rings is 1. The van der Waals surface area contributed by atoms with E-state index in [9.17, 15) is 9.90 Å². The quantitative estimate of drug-likeness (QED) is 0.905. The van der Waals surface area contributed by atoms with E-state index in [0.717, 1.165) is 5.56 Å². The second kappa shape index (κ2) is 5.80. The van der Waals surface area contributed by atoms with E-state index in [-0.39, 0.29) is 30.2 Å². The van der Waals surface area contributed by atoms with E-state index in [0.29, 0.717) is 18.2 Å². The van der Waals surface area contributed by atoms with Crippen molar-refractivity contribution < 1.29 is 14.6 Å². The maximum absolute atomic E-state index is 12.4. The van der Waals surface area contributed by atoms with Gasteiger partial charge in [-0.2, -0.15) is 0 Å². The van der Waals surface area contributed by atoms with Crippen LogP contribution in [0.1, 0.15) is 19.4 Å². The van der Waals surface area contributed by atoms with E-state index in [1.807, 2.05) is 18.7 Å². The predicted octanol–water partition coefficient (Wildman–Crippen LogP) is 2.22. The SMILES string of the molecule is C[C@@H]1COC[C@@H](C)N1C(=O)Cc1ccc(O)cc1Cl. The number of carbonyl (C=O) groups is 1. The standard InChI is InChI=1S/C14H18ClNO3/c1-9-7-19-8-10(2)16(9)14(18)5-11-3-4-12(17)6-13(11)15/h3-4,6,9-10,17H,5,7-8H2,1-2H3/t9-,10-/m1/s1. The molecule has 1 N–H and O–H groups in total. The van der Waals surface area contributed by atoms with Crippen molar-refractivity contribution >= 4 is 17.5 Å². The average Bonchev–Trinajstić information content (AvgIpc) is 2.32. The smallest absolute Gasteiger partial charge is 0.227 e. The second-order valence-corrected chi connectivity index (χ2v) is 5.40. The summed E-state index contributed by atoms with van der Waals surface area (Å²) in [6.07, 6.45) is 0.244. The lowest BCUT2D eigenvalue weighted by Gasteiger charge is -2.39. The Balaban J connectivity index is 2.11. The Bertz CT molecular complexity index is 468. The molecule has 1 aliphatic heterocycles. The Morgan fingerprint density at radius 2 is 2.05 bits per heavy atom. The number of benzene rings is 1. The van der Waals surface area contributed by atoms with Gasteiger partial charge in [0.15, 0.2) is 0 Å². The maximum Gasteiger partial charge on any atom is 0.227 e. The summed E-state index contributed by atoms with van der Waals surface area (Å²) >= 11 is 6.03. The van der Waals surface area contributed by atoms with Gasteiger partial charge in [-0.25, -0.2) is 0 Å². The number of aromatic hydroxyl groups is 1. The van der Waals surface area contributed by atoms with Crippen molar-refractivity contribution in [3.8, 4) is 5.75 Å². The molecule has 0 bridgehead atoms. The van der Waals surface area contributed by atoms with Crippen molar-refractivity contribution in [3.05, 3.63) is 28.8 Å². The lowest BCUT2D eigenvalue weighted by molar-refractivity contribution is -0.143. The van der Waals surface area contributed by atoms with Crippen molar-refractivity contribution in [1.82, 2.24) is 4.90 Å². The first-order valence-corrected chi connectivity index (χ1v) is 6.73. The van der Waals surface area contributed by atoms with E-state index in [1.165, 1.54) is 6.07 Å². The second-order valence-electron chi connectivity index (χ2n) is 4.99. The molecule has 0 aliphatic carbocycles. The zero-order valence-corrected chi connectivity index (χ0v) is 11.9. The third-order valence-corrected chi connectivity index (χ3v) is 3.69. The Morgan fingerprint density at radius 3 is 2.63 bits per heavy atom. The van der Waals surface area contributed by atoms with Crippen LogP contribution in [0.4, 0.5) is 0 Å². The molecule has 0 saturated carbocycles. The average molecular weight is 284 g/mol. The molecule has 4 nitrogen and oxygen atoms in total. The van der Waals surface area contributed by atoms with Crippen LogP contribution >= 0.6 is 11.6 Å². The van der Waals surface area contributed by atoms with Gasteiger partial charge in [0.25, 0.3) is 0 Å². The Hall–Kier alpha value is -1.26. The van der Waals surface area contributed by atoms with Crippen LogP contribution in [0.2, 0.25) is 5.02 Å². The summed E-state index contributed by atoms with van der Waals surface area (Å²) in [5, 5.41) is 9.73. The van der Waals surface area contributed by atoms with Gasteiger partial charge in [-0.15, -0.1) is 0 Å². The molecule has 0 aromatic heterocycles. The summed E-state index contributed by atoms with van der Waals surface area (Å²) in [5.74, 6) is 0.144. The summed E-state index contributed by atoms with van der Waals surface area (Å²) in [6.45, 7) is 5.09. The zero-order chi connectivity index (χ0) is 14.0. The van der Waals surface area contributed by atoms with Gasteiger partial charge in [-0.3, -0.25) is 4.79 Å². The van der Waals surface area contributed by atoms with Crippen LogP contribution in [-0.2, 0) is 16.0 Å². The van der Waals surface area contributed by atoms with Crippen molar-refractivity contribution in [1.29, 1.82) is 0 Å². The monoisotopic (exact) mass is 283 g/mol. The molecule has 104 valence electrons. The fourth-order valence-electron chi connectivity index (χ4n) is 2.43. The van der Waals surface area contributed by atoms with E-state index >= 15 is 0 Å². The number of phenolic OH excluding ortho intramolecular Hbond substituents is 1. The highest BCUT2D eigenvalue weighted by atomic mass is 35.5. The fraction of sp³-hybridized carbons (Fsp3) is 0.500. The number of ether oxygens (including phenoxy) is 1. The van der Waals surface area contributed by atoms with E-state index in [4.69, 9.17) is 16.3 Å². The highest BCUT2D eigenvalue weighted by Gasteiger charge is 2.29. The van der Waals surface area contributed by atoms with E-state index < -0.39 is 0 Å². The van der Waals surface area contributed by atoms with Crippen LogP contribution < -0.4 is 0 Å². The zero-order valence-electron chi connectivity index (χ0n) is 11.1. The largest absolute Gasteiger partial charge is 0.508 e. The molecule has 0 unspecified atom stereocenters. The third kappa shape index (κ3) is 3.19. The van der Waals surface area contributed by atoms with Crippen molar-refractivity contribution in [2.45, 2.75) is 32.4 Å². The summed E-state index contributed by atoms with van der Waals surface area (Å²) < 4.78 is 5.41. The van der Waals surface area contributed by atoms with Gasteiger partial charge in [0, 0.05) is 5.02 Å². The van der Waals surface area contributed by atoms with Crippen LogP contribution in [0.3, 0.4) is 0 Å². The topological polar surface area (TPSA) is 49.8 Å². The molecule has 1 heterocycles. The lowest BCUT2D eigenvalue weighted by atomic mass is 10.1. The molecule has 1 aromatic carbocycles. The molecule has 1 aliphatic rings. The summed E-state index contributed by atoms with van der Waals surface area (Å²) in [7, 11) is 0. The van der Waals surface area contributed by atoms with Gasteiger partial charge in [0.1, 0.15) is 5.75 Å². The minimum Gasteiger partial charge on any atom is -0.508 e. The number of phenols is 1. The van der Waals surface area contributed by atoms with Gasteiger partial charge < -0.3 is 14.7 Å². The Labute approximate surface area is 117 Å². The number of amides is 1. The molecule has 19 heavy (non-hydrogen) atoms. The minimum atomic E-state index is 0.0379. The van der Waals surface area contributed by atoms with Crippen LogP contribution in [0.15, 0.2) is 18.2 Å². The number of nitrogens with zero attached hydrogens (tertiary/aromatic N) is 1. The van der Waals surface area contributed by atoms with Crippen LogP contribution in [-0.4, -0.2) is 41.2 Å². The number of hydrogen-bond acceptors (Lipinski definition) is 3. The van der Waals surface area contributed by atoms with Gasteiger partial charge in [0.2, 0.25) is 5.91 Å². The minimum absolute atomic E-state index is 0.0379. The Morgan fingerprint density at radius 1 is 1.42 bits per heavy atom. The molecule has 1 amide bonds. The van der Waals surface area contributed by atoms with Gasteiger partial charge in [-0.05, 0) is 31.5 Å². The summed E-state index contributed by atoms with van der Waals surface area (Å²) in [5.41, 5.74) is 0.732. The van der Waals surface area contributed by atoms with Crippen molar-refractivity contribution in [3.63, 3.8) is 0 Å². The molecule has 0 radical (unpaired) electrons. The highest BCUT2D eigenvalue weighted by molar-refractivity contribution is 6.31.